The number of anilines is 1. The van der Waals surface area contributed by atoms with Crippen LogP contribution in [0.2, 0.25) is 0 Å². The Kier molecular flexibility index (Phi) is 5.84. The van der Waals surface area contributed by atoms with Crippen molar-refractivity contribution in [1.82, 2.24) is 4.98 Å². The predicted molar refractivity (Wildman–Crippen MR) is 138 cm³/mol. The van der Waals surface area contributed by atoms with E-state index in [2.05, 4.69) is 18.8 Å². The lowest BCUT2D eigenvalue weighted by molar-refractivity contribution is -0.117. The zero-order chi connectivity index (χ0) is 25.7. The number of furan rings is 1. The summed E-state index contributed by atoms with van der Waals surface area (Å²) in [5.74, 6) is -1.85. The van der Waals surface area contributed by atoms with Crippen LogP contribution < -0.4 is 4.90 Å². The standard InChI is InChI=1S/C28H24N2O5S/c1-14(2)17-9-11-18(12-10-17)23-22(24(32)21-13-19-7-5-6-8-20(19)35-21)25(33)27(34)30(23)28-29-15(3)26(36-28)16(4)31/h5-14,23,33H,1-4H3. The molecule has 0 radical (unpaired) electrons. The molecule has 0 fully saturated rings. The molecule has 3 heterocycles. The fourth-order valence-electron chi connectivity index (χ4n) is 4.45. The highest BCUT2D eigenvalue weighted by Gasteiger charge is 2.46. The summed E-state index contributed by atoms with van der Waals surface area (Å²) in [6.07, 6.45) is 0. The number of aliphatic hydroxyl groups is 1. The number of aliphatic hydroxyl groups excluding tert-OH is 1. The van der Waals surface area contributed by atoms with Crippen LogP contribution in [0.15, 0.2) is 70.3 Å². The lowest BCUT2D eigenvalue weighted by Gasteiger charge is -2.24. The third kappa shape index (κ3) is 3.83. The van der Waals surface area contributed by atoms with Crippen molar-refractivity contribution < 1.29 is 23.9 Å². The first-order valence-electron chi connectivity index (χ1n) is 11.6. The van der Waals surface area contributed by atoms with Gasteiger partial charge in [0.05, 0.1) is 22.2 Å². The molecule has 0 saturated heterocycles. The maximum Gasteiger partial charge on any atom is 0.296 e. The first-order chi connectivity index (χ1) is 17.2. The minimum absolute atomic E-state index is 0.0240. The molecule has 0 saturated carbocycles. The molecule has 5 rings (SSSR count). The predicted octanol–water partition coefficient (Wildman–Crippen LogP) is 6.31. The lowest BCUT2D eigenvalue weighted by atomic mass is 9.93. The molecule has 7 nitrogen and oxygen atoms in total. The maximum atomic E-state index is 13.7. The third-order valence-electron chi connectivity index (χ3n) is 6.33. The number of Topliss-reactive ketones (excluding diaryl/α,β-unsaturated/α-hetero) is 2. The lowest BCUT2D eigenvalue weighted by Crippen LogP contribution is -2.31. The quantitative estimate of drug-likeness (QED) is 0.312. The highest BCUT2D eigenvalue weighted by molar-refractivity contribution is 7.17. The molecule has 4 aromatic rings. The van der Waals surface area contributed by atoms with E-state index in [4.69, 9.17) is 4.42 Å². The van der Waals surface area contributed by atoms with Gasteiger partial charge in [0.15, 0.2) is 22.4 Å². The van der Waals surface area contributed by atoms with E-state index in [-0.39, 0.29) is 22.2 Å². The van der Waals surface area contributed by atoms with Crippen LogP contribution in [0, 0.1) is 6.92 Å². The molecule has 1 unspecified atom stereocenters. The largest absolute Gasteiger partial charge is 0.503 e. The SMILES string of the molecule is CC(=O)c1sc(N2C(=O)C(O)=C(C(=O)c3cc4ccccc4o3)C2c2ccc(C(C)C)cc2)nc1C. The van der Waals surface area contributed by atoms with Crippen LogP contribution in [-0.4, -0.2) is 27.6 Å². The Hall–Kier alpha value is -4.04. The summed E-state index contributed by atoms with van der Waals surface area (Å²) in [5, 5.41) is 12.0. The second kappa shape index (κ2) is 8.87. The molecule has 1 atom stereocenters. The number of ketones is 2. The van der Waals surface area contributed by atoms with E-state index in [0.717, 1.165) is 22.3 Å². The molecule has 1 aliphatic heterocycles. The second-order valence-electron chi connectivity index (χ2n) is 9.11. The van der Waals surface area contributed by atoms with Gasteiger partial charge in [-0.3, -0.25) is 19.3 Å². The minimum atomic E-state index is -0.940. The van der Waals surface area contributed by atoms with E-state index in [9.17, 15) is 19.5 Å². The van der Waals surface area contributed by atoms with Crippen molar-refractivity contribution in [1.29, 1.82) is 0 Å². The number of carbonyl (C=O) groups excluding carboxylic acids is 3. The molecule has 2 aromatic carbocycles. The van der Waals surface area contributed by atoms with Gasteiger partial charge in [-0.25, -0.2) is 4.98 Å². The number of carbonyl (C=O) groups is 3. The number of aryl methyl sites for hydroxylation is 1. The monoisotopic (exact) mass is 500 g/mol. The van der Waals surface area contributed by atoms with Gasteiger partial charge in [-0.1, -0.05) is 67.6 Å². The average molecular weight is 501 g/mol. The number of para-hydroxylation sites is 1. The summed E-state index contributed by atoms with van der Waals surface area (Å²) in [6, 6.07) is 15.4. The van der Waals surface area contributed by atoms with Gasteiger partial charge in [0.25, 0.3) is 5.91 Å². The molecule has 36 heavy (non-hydrogen) atoms. The number of fused-ring (bicyclic) bond motifs is 1. The molecule has 8 heteroatoms. The van der Waals surface area contributed by atoms with Gasteiger partial charge in [0.2, 0.25) is 5.78 Å². The Balaban J connectivity index is 1.66. The summed E-state index contributed by atoms with van der Waals surface area (Å²) in [5.41, 5.74) is 2.65. The minimum Gasteiger partial charge on any atom is -0.503 e. The van der Waals surface area contributed by atoms with Crippen molar-refractivity contribution in [2.75, 3.05) is 4.90 Å². The Morgan fingerprint density at radius 2 is 1.81 bits per heavy atom. The highest BCUT2D eigenvalue weighted by Crippen LogP contribution is 2.44. The zero-order valence-corrected chi connectivity index (χ0v) is 21.1. The van der Waals surface area contributed by atoms with E-state index in [1.807, 2.05) is 36.4 Å². The van der Waals surface area contributed by atoms with Gasteiger partial charge in [0.1, 0.15) is 5.58 Å². The van der Waals surface area contributed by atoms with Crippen molar-refractivity contribution in [2.24, 2.45) is 0 Å². The molecule has 0 aliphatic carbocycles. The second-order valence-corrected chi connectivity index (χ2v) is 10.1. The first-order valence-corrected chi connectivity index (χ1v) is 12.4. The van der Waals surface area contributed by atoms with Gasteiger partial charge in [-0.05, 0) is 36.1 Å². The number of thiazole rings is 1. The third-order valence-corrected chi connectivity index (χ3v) is 7.59. The normalized spacial score (nSPS) is 16.0. The van der Waals surface area contributed by atoms with Crippen LogP contribution in [0.25, 0.3) is 11.0 Å². The van der Waals surface area contributed by atoms with Gasteiger partial charge < -0.3 is 9.52 Å². The summed E-state index contributed by atoms with van der Waals surface area (Å²) in [7, 11) is 0. The molecule has 2 aromatic heterocycles. The van der Waals surface area contributed by atoms with Crippen LogP contribution in [0.1, 0.15) is 69.8 Å². The number of amides is 1. The van der Waals surface area contributed by atoms with Crippen LogP contribution in [-0.2, 0) is 4.79 Å². The average Bonchev–Trinajstić information content (AvgIpc) is 3.53. The molecular weight excluding hydrogens is 476 g/mol. The number of hydrogen-bond acceptors (Lipinski definition) is 7. The van der Waals surface area contributed by atoms with E-state index < -0.39 is 23.5 Å². The fraction of sp³-hybridized carbons (Fsp3) is 0.214. The number of hydrogen-bond donors (Lipinski definition) is 1. The van der Waals surface area contributed by atoms with E-state index in [1.165, 1.54) is 11.8 Å². The van der Waals surface area contributed by atoms with E-state index >= 15 is 0 Å². The van der Waals surface area contributed by atoms with Crippen molar-refractivity contribution in [3.63, 3.8) is 0 Å². The van der Waals surface area contributed by atoms with Gasteiger partial charge in [0, 0.05) is 12.3 Å². The highest BCUT2D eigenvalue weighted by atomic mass is 32.1. The fourth-order valence-corrected chi connectivity index (χ4v) is 5.44. The summed E-state index contributed by atoms with van der Waals surface area (Å²) < 4.78 is 5.77. The Bertz CT molecular complexity index is 1530. The first kappa shape index (κ1) is 23.7. The molecule has 0 spiro atoms. The van der Waals surface area contributed by atoms with Crippen molar-refractivity contribution in [2.45, 2.75) is 39.7 Å². The smallest absolute Gasteiger partial charge is 0.296 e. The molecular formula is C28H24N2O5S. The summed E-state index contributed by atoms with van der Waals surface area (Å²) >= 11 is 1.06. The van der Waals surface area contributed by atoms with Gasteiger partial charge >= 0.3 is 0 Å². The summed E-state index contributed by atoms with van der Waals surface area (Å²) in [6.45, 7) is 7.27. The topological polar surface area (TPSA) is 101 Å². The van der Waals surface area contributed by atoms with Crippen molar-refractivity contribution in [3.8, 4) is 0 Å². The van der Waals surface area contributed by atoms with Gasteiger partial charge in [-0.2, -0.15) is 0 Å². The molecule has 1 aliphatic rings. The number of benzene rings is 2. The Morgan fingerprint density at radius 3 is 2.42 bits per heavy atom. The van der Waals surface area contributed by atoms with Crippen molar-refractivity contribution in [3.05, 3.63) is 93.4 Å². The molecule has 1 N–H and O–H groups in total. The zero-order valence-electron chi connectivity index (χ0n) is 20.2. The Morgan fingerprint density at radius 1 is 1.11 bits per heavy atom. The van der Waals surface area contributed by atoms with Crippen LogP contribution in [0.5, 0.6) is 0 Å². The van der Waals surface area contributed by atoms with Crippen LogP contribution >= 0.6 is 11.3 Å². The van der Waals surface area contributed by atoms with Crippen molar-refractivity contribution >= 4 is 44.9 Å². The van der Waals surface area contributed by atoms with E-state index in [0.29, 0.717) is 27.6 Å². The number of rotatable bonds is 6. The molecule has 0 bridgehead atoms. The maximum absolute atomic E-state index is 13.7. The Labute approximate surface area is 211 Å². The molecule has 1 amide bonds. The number of nitrogens with zero attached hydrogens (tertiary/aromatic N) is 2. The van der Waals surface area contributed by atoms with Gasteiger partial charge in [-0.15, -0.1) is 0 Å². The molecule has 182 valence electrons. The van der Waals surface area contributed by atoms with Crippen LogP contribution in [0.3, 0.4) is 0 Å². The number of aromatic nitrogens is 1. The van der Waals surface area contributed by atoms with Crippen LogP contribution in [0.4, 0.5) is 5.13 Å². The van der Waals surface area contributed by atoms with E-state index in [1.54, 1.807) is 25.1 Å². The summed E-state index contributed by atoms with van der Waals surface area (Å²) in [4.78, 5) is 45.4.